The van der Waals surface area contributed by atoms with E-state index in [0.717, 1.165) is 17.7 Å². The molecule has 0 unspecified atom stereocenters. The van der Waals surface area contributed by atoms with Crippen molar-refractivity contribution in [3.05, 3.63) is 83.9 Å². The van der Waals surface area contributed by atoms with Crippen LogP contribution >= 0.6 is 11.8 Å². The summed E-state index contributed by atoms with van der Waals surface area (Å²) < 4.78 is 45.7. The highest BCUT2D eigenvalue weighted by Gasteiger charge is 2.31. The van der Waals surface area contributed by atoms with Gasteiger partial charge in [-0.25, -0.2) is 9.98 Å². The fourth-order valence-electron chi connectivity index (χ4n) is 3.27. The maximum Gasteiger partial charge on any atom is 0.573 e. The first-order valence-corrected chi connectivity index (χ1v) is 12.2. The molecule has 200 valence electrons. The van der Waals surface area contributed by atoms with E-state index in [9.17, 15) is 18.0 Å². The average molecular weight is 555 g/mol. The number of aliphatic imine (C=N–C) groups is 2. The molecular formula is C26H21F3N6O3S. The Kier molecular flexibility index (Phi) is 8.61. The quantitative estimate of drug-likeness (QED) is 0.236. The number of rotatable bonds is 8. The van der Waals surface area contributed by atoms with Crippen LogP contribution in [0.4, 0.5) is 24.5 Å². The van der Waals surface area contributed by atoms with Crippen molar-refractivity contribution in [2.45, 2.75) is 6.36 Å². The first-order chi connectivity index (χ1) is 18.7. The molecule has 1 saturated heterocycles. The van der Waals surface area contributed by atoms with Gasteiger partial charge >= 0.3 is 6.36 Å². The van der Waals surface area contributed by atoms with Gasteiger partial charge < -0.3 is 15.2 Å². The third-order valence-electron chi connectivity index (χ3n) is 5.13. The SMILES string of the molecule is COc1ccc(N2C(=O)CS/C2=N/N=C\c2ccc(C(N)=NC=Nc3ccc(OC(F)(F)F)cc3)cc2)cc1. The zero-order valence-electron chi connectivity index (χ0n) is 20.4. The van der Waals surface area contributed by atoms with Crippen LogP contribution in [0, 0.1) is 0 Å². The summed E-state index contributed by atoms with van der Waals surface area (Å²) in [4.78, 5) is 22.0. The number of benzene rings is 3. The molecule has 1 aliphatic heterocycles. The molecule has 0 spiro atoms. The van der Waals surface area contributed by atoms with E-state index in [1.807, 2.05) is 0 Å². The lowest BCUT2D eigenvalue weighted by Gasteiger charge is -2.15. The number of hydrogen-bond donors (Lipinski definition) is 1. The Labute approximate surface area is 225 Å². The van der Waals surface area contributed by atoms with E-state index < -0.39 is 6.36 Å². The Hall–Kier alpha value is -4.65. The number of alkyl halides is 3. The Bertz CT molecular complexity index is 1420. The smallest absolute Gasteiger partial charge is 0.497 e. The number of thioether (sulfide) groups is 1. The third-order valence-corrected chi connectivity index (χ3v) is 6.04. The number of halogens is 3. The highest BCUT2D eigenvalue weighted by molar-refractivity contribution is 8.15. The predicted octanol–water partition coefficient (Wildman–Crippen LogP) is 5.13. The molecule has 1 amide bonds. The molecule has 0 radical (unpaired) electrons. The number of methoxy groups -OCH3 is 1. The molecule has 13 heteroatoms. The van der Waals surface area contributed by atoms with Gasteiger partial charge in [0.05, 0.1) is 30.5 Å². The molecule has 9 nitrogen and oxygen atoms in total. The fourth-order valence-corrected chi connectivity index (χ4v) is 4.10. The average Bonchev–Trinajstić information content (AvgIpc) is 3.29. The molecule has 4 rings (SSSR count). The normalized spacial score (nSPS) is 15.6. The van der Waals surface area contributed by atoms with Crippen molar-refractivity contribution < 1.29 is 27.4 Å². The van der Waals surface area contributed by atoms with Gasteiger partial charge in [-0.1, -0.05) is 36.0 Å². The van der Waals surface area contributed by atoms with Crippen LogP contribution in [0.3, 0.4) is 0 Å². The van der Waals surface area contributed by atoms with Gasteiger partial charge in [0, 0.05) is 5.56 Å². The molecule has 39 heavy (non-hydrogen) atoms. The molecular weight excluding hydrogens is 533 g/mol. The Morgan fingerprint density at radius 2 is 1.67 bits per heavy atom. The van der Waals surface area contributed by atoms with Crippen LogP contribution in [0.15, 0.2) is 93.0 Å². The molecule has 2 N–H and O–H groups in total. The van der Waals surface area contributed by atoms with Crippen molar-refractivity contribution in [3.63, 3.8) is 0 Å². The molecule has 0 aliphatic carbocycles. The summed E-state index contributed by atoms with van der Waals surface area (Å²) in [6.45, 7) is 0. The van der Waals surface area contributed by atoms with E-state index in [4.69, 9.17) is 10.5 Å². The maximum absolute atomic E-state index is 12.4. The number of carbonyl (C=O) groups excluding carboxylic acids is 1. The summed E-state index contributed by atoms with van der Waals surface area (Å²) in [5.41, 5.74) is 8.42. The predicted molar refractivity (Wildman–Crippen MR) is 146 cm³/mol. The van der Waals surface area contributed by atoms with Crippen LogP contribution in [-0.2, 0) is 4.79 Å². The van der Waals surface area contributed by atoms with Gasteiger partial charge in [-0.05, 0) is 54.1 Å². The van der Waals surface area contributed by atoms with Crippen molar-refractivity contribution in [3.8, 4) is 11.5 Å². The van der Waals surface area contributed by atoms with Crippen molar-refractivity contribution in [1.82, 2.24) is 0 Å². The number of anilines is 1. The Morgan fingerprint density at radius 1 is 1.00 bits per heavy atom. The van der Waals surface area contributed by atoms with Crippen LogP contribution in [0.25, 0.3) is 0 Å². The van der Waals surface area contributed by atoms with E-state index in [2.05, 4.69) is 24.9 Å². The summed E-state index contributed by atoms with van der Waals surface area (Å²) in [5.74, 6) is 0.716. The molecule has 0 bridgehead atoms. The Morgan fingerprint density at radius 3 is 2.31 bits per heavy atom. The number of nitrogens with zero attached hydrogens (tertiary/aromatic N) is 5. The summed E-state index contributed by atoms with van der Waals surface area (Å²) in [7, 11) is 1.57. The molecule has 1 fully saturated rings. The second-order valence-electron chi connectivity index (χ2n) is 7.77. The third kappa shape index (κ3) is 7.68. The van der Waals surface area contributed by atoms with Gasteiger partial charge in [0.2, 0.25) is 5.91 Å². The first kappa shape index (κ1) is 27.4. The van der Waals surface area contributed by atoms with Crippen molar-refractivity contribution >= 4 is 52.6 Å². The largest absolute Gasteiger partial charge is 0.573 e. The van der Waals surface area contributed by atoms with Gasteiger partial charge in [0.15, 0.2) is 5.17 Å². The second-order valence-corrected chi connectivity index (χ2v) is 8.71. The number of amidine groups is 2. The minimum Gasteiger partial charge on any atom is -0.497 e. The van der Waals surface area contributed by atoms with Gasteiger partial charge in [-0.2, -0.15) is 5.10 Å². The highest BCUT2D eigenvalue weighted by Crippen LogP contribution is 2.28. The van der Waals surface area contributed by atoms with Crippen LogP contribution in [-0.4, -0.2) is 48.7 Å². The highest BCUT2D eigenvalue weighted by atomic mass is 32.2. The zero-order chi connectivity index (χ0) is 27.8. The van der Waals surface area contributed by atoms with E-state index >= 15 is 0 Å². The van der Waals surface area contributed by atoms with Crippen LogP contribution in [0.1, 0.15) is 11.1 Å². The standard InChI is InChI=1S/C26H21F3N6O3S/c1-37-21-12-8-20(9-13-21)35-23(36)15-39-25(35)34-33-14-17-2-4-18(5-3-17)24(30)32-16-31-19-6-10-22(11-7-19)38-26(27,28)29/h2-14,16H,15H2,1H3,(H2,30,31,32)/b33-14-,34-25+. The van der Waals surface area contributed by atoms with Crippen molar-refractivity contribution in [1.29, 1.82) is 0 Å². The minimum absolute atomic E-state index is 0.0887. The first-order valence-electron chi connectivity index (χ1n) is 11.2. The number of carbonyl (C=O) groups is 1. The molecule has 3 aromatic carbocycles. The minimum atomic E-state index is -4.76. The number of amides is 1. The van der Waals surface area contributed by atoms with Gasteiger partial charge in [0.25, 0.3) is 0 Å². The monoisotopic (exact) mass is 554 g/mol. The Balaban J connectivity index is 1.37. The van der Waals surface area contributed by atoms with E-state index in [-0.39, 0.29) is 23.2 Å². The summed E-state index contributed by atoms with van der Waals surface area (Å²) in [6, 6.07) is 19.1. The molecule has 1 aliphatic rings. The van der Waals surface area contributed by atoms with Crippen LogP contribution in [0.5, 0.6) is 11.5 Å². The lowest BCUT2D eigenvalue weighted by molar-refractivity contribution is -0.274. The van der Waals surface area contributed by atoms with Crippen molar-refractivity contribution in [2.24, 2.45) is 25.9 Å². The van der Waals surface area contributed by atoms with Gasteiger partial charge in [0.1, 0.15) is 23.7 Å². The molecule has 0 atom stereocenters. The summed E-state index contributed by atoms with van der Waals surface area (Å²) in [5, 5.41) is 8.80. The maximum atomic E-state index is 12.4. The summed E-state index contributed by atoms with van der Waals surface area (Å²) >= 11 is 1.30. The molecule has 0 aromatic heterocycles. The zero-order valence-corrected chi connectivity index (χ0v) is 21.2. The number of nitrogens with two attached hydrogens (primary N) is 1. The van der Waals surface area contributed by atoms with Crippen LogP contribution < -0.4 is 20.1 Å². The van der Waals surface area contributed by atoms with E-state index in [1.54, 1.807) is 61.9 Å². The summed E-state index contributed by atoms with van der Waals surface area (Å²) in [6.07, 6.45) is -2.00. The lowest BCUT2D eigenvalue weighted by Crippen LogP contribution is -2.28. The second kappa shape index (κ2) is 12.3. The molecule has 1 heterocycles. The van der Waals surface area contributed by atoms with E-state index in [0.29, 0.717) is 27.9 Å². The van der Waals surface area contributed by atoms with Gasteiger partial charge in [-0.3, -0.25) is 9.69 Å². The lowest BCUT2D eigenvalue weighted by atomic mass is 10.1. The topological polar surface area (TPSA) is 114 Å². The molecule has 0 saturated carbocycles. The van der Waals surface area contributed by atoms with Crippen LogP contribution in [0.2, 0.25) is 0 Å². The number of hydrogen-bond acceptors (Lipinski definition) is 7. The molecule has 3 aromatic rings. The fraction of sp³-hybridized carbons (Fsp3) is 0.115. The van der Waals surface area contributed by atoms with Crippen molar-refractivity contribution in [2.75, 3.05) is 17.8 Å². The van der Waals surface area contributed by atoms with Gasteiger partial charge in [-0.15, -0.1) is 18.3 Å². The van der Waals surface area contributed by atoms with E-state index in [1.165, 1.54) is 35.1 Å². The number of ether oxygens (including phenoxy) is 2.